The summed E-state index contributed by atoms with van der Waals surface area (Å²) in [5.74, 6) is 0.750. The number of imidazole rings is 1. The van der Waals surface area contributed by atoms with Crippen LogP contribution in [-0.4, -0.2) is 32.6 Å². The van der Waals surface area contributed by atoms with Gasteiger partial charge in [-0.05, 0) is 31.2 Å². The first-order valence-corrected chi connectivity index (χ1v) is 7.40. The van der Waals surface area contributed by atoms with E-state index in [0.29, 0.717) is 30.4 Å². The van der Waals surface area contributed by atoms with Crippen molar-refractivity contribution in [3.63, 3.8) is 0 Å². The van der Waals surface area contributed by atoms with Gasteiger partial charge in [0.1, 0.15) is 5.82 Å². The first-order chi connectivity index (χ1) is 11.2. The minimum Gasteiger partial charge on any atom is -0.353 e. The Morgan fingerprint density at radius 1 is 1.21 bits per heavy atom. The quantitative estimate of drug-likeness (QED) is 0.632. The van der Waals surface area contributed by atoms with Gasteiger partial charge in [-0.3, -0.25) is 0 Å². The van der Waals surface area contributed by atoms with E-state index in [9.17, 15) is 4.39 Å². The molecule has 0 fully saturated rings. The summed E-state index contributed by atoms with van der Waals surface area (Å²) in [6, 6.07) is 6.07. The Morgan fingerprint density at radius 3 is 2.62 bits per heavy atom. The number of benzene rings is 1. The monoisotopic (exact) mass is 351 g/mol. The van der Waals surface area contributed by atoms with Crippen molar-refractivity contribution in [3.8, 4) is 0 Å². The molecule has 1 aromatic carbocycles. The second-order valence-corrected chi connectivity index (χ2v) is 4.95. The van der Waals surface area contributed by atoms with Gasteiger partial charge in [0.25, 0.3) is 0 Å². The number of nitrogens with zero attached hydrogens (tertiary/aromatic N) is 4. The molecule has 9 heteroatoms. The Morgan fingerprint density at radius 2 is 1.96 bits per heavy atom. The predicted molar refractivity (Wildman–Crippen MR) is 95.5 cm³/mol. The van der Waals surface area contributed by atoms with E-state index in [1.54, 1.807) is 18.5 Å². The van der Waals surface area contributed by atoms with Crippen molar-refractivity contribution >= 4 is 41.0 Å². The third kappa shape index (κ3) is 3.72. The van der Waals surface area contributed by atoms with E-state index < -0.39 is 0 Å². The van der Waals surface area contributed by atoms with Gasteiger partial charge in [0.2, 0.25) is 5.95 Å². The zero-order valence-corrected chi connectivity index (χ0v) is 14.0. The average molecular weight is 352 g/mol. The fraction of sp³-hybridized carbons (Fsp3) is 0.267. The van der Waals surface area contributed by atoms with Crippen molar-refractivity contribution in [2.24, 2.45) is 5.73 Å². The first-order valence-electron chi connectivity index (χ1n) is 7.40. The number of hydrogen-bond donors (Lipinski definition) is 3. The van der Waals surface area contributed by atoms with Gasteiger partial charge in [-0.25, -0.2) is 9.37 Å². The molecule has 0 unspecified atom stereocenters. The maximum Gasteiger partial charge on any atom is 0.226 e. The number of halogens is 2. The minimum absolute atomic E-state index is 0. The van der Waals surface area contributed by atoms with Crippen LogP contribution in [0.15, 0.2) is 30.6 Å². The van der Waals surface area contributed by atoms with Crippen molar-refractivity contribution in [2.75, 3.05) is 23.7 Å². The Balaban J connectivity index is 0.00000208. The Bertz CT molecular complexity index is 803. The smallest absolute Gasteiger partial charge is 0.226 e. The van der Waals surface area contributed by atoms with Crippen LogP contribution in [0.3, 0.4) is 0 Å². The molecule has 0 saturated carbocycles. The topological polar surface area (TPSA) is 93.7 Å². The third-order valence-corrected chi connectivity index (χ3v) is 3.34. The molecular formula is C15H19ClFN7. The van der Waals surface area contributed by atoms with Gasteiger partial charge in [-0.15, -0.1) is 12.4 Å². The van der Waals surface area contributed by atoms with E-state index in [1.165, 1.54) is 12.1 Å². The summed E-state index contributed by atoms with van der Waals surface area (Å²) in [6.07, 6.45) is 1.72. The number of nitrogens with two attached hydrogens (primary N) is 1. The molecule has 128 valence electrons. The van der Waals surface area contributed by atoms with Crippen molar-refractivity contribution in [1.82, 2.24) is 19.5 Å². The highest BCUT2D eigenvalue weighted by Gasteiger charge is 2.13. The van der Waals surface area contributed by atoms with E-state index in [-0.39, 0.29) is 18.2 Å². The van der Waals surface area contributed by atoms with Gasteiger partial charge in [0.15, 0.2) is 17.0 Å². The van der Waals surface area contributed by atoms with Gasteiger partial charge in [0, 0.05) is 25.3 Å². The van der Waals surface area contributed by atoms with Crippen molar-refractivity contribution in [3.05, 3.63) is 36.4 Å². The van der Waals surface area contributed by atoms with Crippen molar-refractivity contribution in [1.29, 1.82) is 0 Å². The van der Waals surface area contributed by atoms with Gasteiger partial charge in [-0.2, -0.15) is 9.97 Å². The molecule has 2 aromatic heterocycles. The number of hydrogen-bond acceptors (Lipinski definition) is 6. The molecule has 0 aliphatic carbocycles. The maximum atomic E-state index is 13.0. The Labute approximate surface area is 144 Å². The molecule has 0 aliphatic rings. The van der Waals surface area contributed by atoms with Crippen LogP contribution in [0.4, 0.5) is 21.8 Å². The standard InChI is InChI=1S/C15H18FN7.ClH/c1-2-23-9-19-12-13(20-11-5-3-10(16)4-6-11)21-15(18-8-7-17)22-14(12)23;/h3-6,9H,2,7-8,17H2,1H3,(H2,18,20,21,22);1H. The van der Waals surface area contributed by atoms with Crippen LogP contribution in [0.1, 0.15) is 6.92 Å². The number of anilines is 3. The lowest BCUT2D eigenvalue weighted by Gasteiger charge is -2.10. The summed E-state index contributed by atoms with van der Waals surface area (Å²) in [6.45, 7) is 3.82. The fourth-order valence-corrected chi connectivity index (χ4v) is 2.20. The molecule has 0 aliphatic heterocycles. The largest absolute Gasteiger partial charge is 0.353 e. The molecule has 24 heavy (non-hydrogen) atoms. The zero-order valence-electron chi connectivity index (χ0n) is 13.2. The highest BCUT2D eigenvalue weighted by Crippen LogP contribution is 2.24. The number of aromatic nitrogens is 4. The molecule has 2 heterocycles. The van der Waals surface area contributed by atoms with E-state index in [0.717, 1.165) is 17.9 Å². The molecule has 7 nitrogen and oxygen atoms in total. The van der Waals surface area contributed by atoms with E-state index >= 15 is 0 Å². The molecule has 4 N–H and O–H groups in total. The lowest BCUT2D eigenvalue weighted by Crippen LogP contribution is -2.15. The van der Waals surface area contributed by atoms with Gasteiger partial charge >= 0.3 is 0 Å². The van der Waals surface area contributed by atoms with Crippen LogP contribution in [0.2, 0.25) is 0 Å². The minimum atomic E-state index is -0.288. The van der Waals surface area contributed by atoms with Gasteiger partial charge in [-0.1, -0.05) is 0 Å². The maximum absolute atomic E-state index is 13.0. The number of nitrogens with one attached hydrogen (secondary N) is 2. The average Bonchev–Trinajstić information content (AvgIpc) is 2.98. The van der Waals surface area contributed by atoms with Gasteiger partial charge < -0.3 is 20.9 Å². The molecule has 0 atom stereocenters. The summed E-state index contributed by atoms with van der Waals surface area (Å²) in [7, 11) is 0. The van der Waals surface area contributed by atoms with Crippen molar-refractivity contribution < 1.29 is 4.39 Å². The Kier molecular flexibility index (Phi) is 5.88. The predicted octanol–water partition coefficient (Wildman–Crippen LogP) is 2.52. The van der Waals surface area contributed by atoms with E-state index in [4.69, 9.17) is 5.73 Å². The van der Waals surface area contributed by atoms with Crippen LogP contribution in [-0.2, 0) is 6.54 Å². The second-order valence-electron chi connectivity index (χ2n) is 4.95. The molecular weight excluding hydrogens is 333 g/mol. The molecule has 0 saturated heterocycles. The van der Waals surface area contributed by atoms with Crippen LogP contribution < -0.4 is 16.4 Å². The van der Waals surface area contributed by atoms with Crippen LogP contribution >= 0.6 is 12.4 Å². The summed E-state index contributed by atoms with van der Waals surface area (Å²) < 4.78 is 15.0. The second kappa shape index (κ2) is 7.89. The Hall–Kier alpha value is -2.45. The number of rotatable bonds is 6. The zero-order chi connectivity index (χ0) is 16.2. The highest BCUT2D eigenvalue weighted by atomic mass is 35.5. The third-order valence-electron chi connectivity index (χ3n) is 3.34. The molecule has 0 spiro atoms. The molecule has 0 amide bonds. The van der Waals surface area contributed by atoms with E-state index in [2.05, 4.69) is 25.6 Å². The normalized spacial score (nSPS) is 10.5. The molecule has 0 radical (unpaired) electrons. The van der Waals surface area contributed by atoms with Crippen molar-refractivity contribution in [2.45, 2.75) is 13.5 Å². The first kappa shape index (κ1) is 17.9. The van der Waals surface area contributed by atoms with E-state index in [1.807, 2.05) is 11.5 Å². The van der Waals surface area contributed by atoms with Gasteiger partial charge in [0.05, 0.1) is 6.33 Å². The number of aryl methyl sites for hydroxylation is 1. The summed E-state index contributed by atoms with van der Waals surface area (Å²) in [5.41, 5.74) is 7.63. The number of fused-ring (bicyclic) bond motifs is 1. The summed E-state index contributed by atoms with van der Waals surface area (Å²) >= 11 is 0. The lowest BCUT2D eigenvalue weighted by molar-refractivity contribution is 0.628. The van der Waals surface area contributed by atoms with Crippen LogP contribution in [0.25, 0.3) is 11.2 Å². The summed E-state index contributed by atoms with van der Waals surface area (Å²) in [4.78, 5) is 13.3. The highest BCUT2D eigenvalue weighted by molar-refractivity contribution is 5.86. The lowest BCUT2D eigenvalue weighted by atomic mass is 10.3. The summed E-state index contributed by atoms with van der Waals surface area (Å²) in [5, 5.41) is 6.24. The van der Waals surface area contributed by atoms with Crippen LogP contribution in [0, 0.1) is 5.82 Å². The SMILES string of the molecule is CCn1cnc2c(Nc3ccc(F)cc3)nc(NCCN)nc21.Cl. The fourth-order valence-electron chi connectivity index (χ4n) is 2.20. The molecule has 3 aromatic rings. The molecule has 3 rings (SSSR count). The molecule has 0 bridgehead atoms. The van der Waals surface area contributed by atoms with Crippen LogP contribution in [0.5, 0.6) is 0 Å².